The Morgan fingerprint density at radius 2 is 1.78 bits per heavy atom. The minimum Gasteiger partial charge on any atom is -0.281 e. The van der Waals surface area contributed by atoms with E-state index in [1.54, 1.807) is 13.8 Å². The summed E-state index contributed by atoms with van der Waals surface area (Å²) in [5, 5.41) is 6.49. The molecule has 0 saturated carbocycles. The fourth-order valence-electron chi connectivity index (χ4n) is 2.30. The molecule has 2 N–H and O–H groups in total. The van der Waals surface area contributed by atoms with E-state index in [1.807, 2.05) is 6.92 Å². The van der Waals surface area contributed by atoms with Gasteiger partial charge in [0.2, 0.25) is 20.0 Å². The van der Waals surface area contributed by atoms with Gasteiger partial charge >= 0.3 is 0 Å². The highest BCUT2D eigenvalue weighted by atomic mass is 32.2. The molecule has 0 atom stereocenters. The second-order valence-corrected chi connectivity index (χ2v) is 9.22. The molecule has 0 fully saturated rings. The molecule has 0 aliphatic carbocycles. The maximum atomic E-state index is 12.3. The number of rotatable bonds is 10. The molecule has 134 valence electrons. The summed E-state index contributed by atoms with van der Waals surface area (Å²) in [5.41, 5.74) is 0.843. The van der Waals surface area contributed by atoms with Crippen LogP contribution in [0.5, 0.6) is 0 Å². The van der Waals surface area contributed by atoms with Crippen molar-refractivity contribution < 1.29 is 16.8 Å². The number of nitrogens with one attached hydrogen (secondary N) is 2. The lowest BCUT2D eigenvalue weighted by molar-refractivity contribution is 0.405. The van der Waals surface area contributed by atoms with Gasteiger partial charge in [0.1, 0.15) is 4.90 Å². The molecule has 1 aromatic rings. The van der Waals surface area contributed by atoms with E-state index in [-0.39, 0.29) is 18.0 Å². The molecule has 10 heteroatoms. The van der Waals surface area contributed by atoms with E-state index >= 15 is 0 Å². The average molecular weight is 367 g/mol. The molecule has 0 aliphatic rings. The Labute approximate surface area is 138 Å². The van der Waals surface area contributed by atoms with Crippen LogP contribution in [0.15, 0.2) is 4.90 Å². The van der Waals surface area contributed by atoms with Crippen molar-refractivity contribution in [1.82, 2.24) is 19.2 Å². The molecular formula is C13H26N4O4S2. The standard InChI is InChI=1S/C13H26N4O4S2/c1-5-6-7-9-17(22(4,18)19)10-8-14-23(20,21)13-11(2)15-16-12(13)3/h14H,5-10H2,1-4H3,(H,15,16). The van der Waals surface area contributed by atoms with E-state index in [4.69, 9.17) is 0 Å². The van der Waals surface area contributed by atoms with Gasteiger partial charge < -0.3 is 0 Å². The maximum absolute atomic E-state index is 12.3. The second-order valence-electron chi connectivity index (χ2n) is 5.53. The van der Waals surface area contributed by atoms with Gasteiger partial charge in [0.05, 0.1) is 17.6 Å². The van der Waals surface area contributed by atoms with Crippen LogP contribution in [0.4, 0.5) is 0 Å². The van der Waals surface area contributed by atoms with E-state index in [0.717, 1.165) is 25.5 Å². The van der Waals surface area contributed by atoms with Crippen LogP contribution in [-0.4, -0.2) is 57.2 Å². The molecule has 8 nitrogen and oxygen atoms in total. The first-order valence-electron chi connectivity index (χ1n) is 7.56. The summed E-state index contributed by atoms with van der Waals surface area (Å²) in [7, 11) is -7.06. The number of aromatic amines is 1. The molecular weight excluding hydrogens is 340 g/mol. The number of unbranched alkanes of at least 4 members (excludes halogenated alkanes) is 2. The highest BCUT2D eigenvalue weighted by Gasteiger charge is 2.23. The first-order chi connectivity index (χ1) is 10.6. The number of hydrogen-bond donors (Lipinski definition) is 2. The zero-order valence-electron chi connectivity index (χ0n) is 14.1. The lowest BCUT2D eigenvalue weighted by Crippen LogP contribution is -2.38. The van der Waals surface area contributed by atoms with Crippen LogP contribution in [0.1, 0.15) is 37.6 Å². The summed E-state index contributed by atoms with van der Waals surface area (Å²) in [6.07, 6.45) is 3.82. The number of H-pyrrole nitrogens is 1. The van der Waals surface area contributed by atoms with Crippen molar-refractivity contribution in [1.29, 1.82) is 0 Å². The molecule has 0 saturated heterocycles. The lowest BCUT2D eigenvalue weighted by atomic mass is 10.2. The second kappa shape index (κ2) is 8.22. The van der Waals surface area contributed by atoms with Gasteiger partial charge in [-0.25, -0.2) is 25.9 Å². The topological polar surface area (TPSA) is 112 Å². The summed E-state index contributed by atoms with van der Waals surface area (Å²) < 4.78 is 51.8. The van der Waals surface area contributed by atoms with E-state index in [9.17, 15) is 16.8 Å². The molecule has 1 aromatic heterocycles. The Bertz CT molecular complexity index is 691. The van der Waals surface area contributed by atoms with Gasteiger partial charge in [0.25, 0.3) is 0 Å². The smallest absolute Gasteiger partial charge is 0.244 e. The van der Waals surface area contributed by atoms with Gasteiger partial charge in [-0.15, -0.1) is 0 Å². The highest BCUT2D eigenvalue weighted by molar-refractivity contribution is 7.89. The van der Waals surface area contributed by atoms with Crippen LogP contribution in [0.3, 0.4) is 0 Å². The first kappa shape index (κ1) is 20.1. The van der Waals surface area contributed by atoms with E-state index < -0.39 is 20.0 Å². The van der Waals surface area contributed by atoms with Crippen molar-refractivity contribution in [3.63, 3.8) is 0 Å². The SMILES string of the molecule is CCCCCN(CCNS(=O)(=O)c1c(C)n[nH]c1C)S(C)(=O)=O. The first-order valence-corrected chi connectivity index (χ1v) is 10.9. The van der Waals surface area contributed by atoms with Crippen LogP contribution in [0.2, 0.25) is 0 Å². The zero-order valence-corrected chi connectivity index (χ0v) is 15.7. The van der Waals surface area contributed by atoms with E-state index in [1.165, 1.54) is 4.31 Å². The number of sulfonamides is 2. The molecule has 0 radical (unpaired) electrons. The molecule has 0 aromatic carbocycles. The van der Waals surface area contributed by atoms with Crippen molar-refractivity contribution in [2.24, 2.45) is 0 Å². The molecule has 0 bridgehead atoms. The summed E-state index contributed by atoms with van der Waals surface area (Å²) in [5.74, 6) is 0. The maximum Gasteiger partial charge on any atom is 0.244 e. The van der Waals surface area contributed by atoms with Gasteiger partial charge in [-0.1, -0.05) is 19.8 Å². The molecule has 23 heavy (non-hydrogen) atoms. The third-order valence-corrected chi connectivity index (χ3v) is 6.49. The Morgan fingerprint density at radius 3 is 2.26 bits per heavy atom. The minimum atomic E-state index is -3.71. The zero-order chi connectivity index (χ0) is 17.7. The van der Waals surface area contributed by atoms with E-state index in [0.29, 0.717) is 17.9 Å². The number of aryl methyl sites for hydroxylation is 2. The van der Waals surface area contributed by atoms with Crippen LogP contribution in [-0.2, 0) is 20.0 Å². The summed E-state index contributed by atoms with van der Waals surface area (Å²) in [6, 6.07) is 0. The fraction of sp³-hybridized carbons (Fsp3) is 0.769. The third-order valence-electron chi connectivity index (χ3n) is 3.46. The van der Waals surface area contributed by atoms with Crippen LogP contribution >= 0.6 is 0 Å². The van der Waals surface area contributed by atoms with Gasteiger partial charge in [0, 0.05) is 19.6 Å². The molecule has 0 unspecified atom stereocenters. The van der Waals surface area contributed by atoms with Crippen molar-refractivity contribution >= 4 is 20.0 Å². The van der Waals surface area contributed by atoms with Crippen molar-refractivity contribution in [3.05, 3.63) is 11.4 Å². The Hall–Kier alpha value is -0.970. The Kier molecular flexibility index (Phi) is 7.18. The van der Waals surface area contributed by atoms with Crippen LogP contribution in [0.25, 0.3) is 0 Å². The minimum absolute atomic E-state index is 0.0194. The molecule has 0 aliphatic heterocycles. The Balaban J connectivity index is 2.69. The van der Waals surface area contributed by atoms with E-state index in [2.05, 4.69) is 14.9 Å². The summed E-state index contributed by atoms with van der Waals surface area (Å²) in [6.45, 7) is 5.80. The predicted molar refractivity (Wildman–Crippen MR) is 89.2 cm³/mol. The van der Waals surface area contributed by atoms with Crippen molar-refractivity contribution in [2.75, 3.05) is 25.9 Å². The monoisotopic (exact) mass is 366 g/mol. The van der Waals surface area contributed by atoms with Gasteiger partial charge in [-0.05, 0) is 20.3 Å². The quantitative estimate of drug-likeness (QED) is 0.594. The molecule has 1 rings (SSSR count). The van der Waals surface area contributed by atoms with Crippen LogP contribution < -0.4 is 4.72 Å². The van der Waals surface area contributed by atoms with Gasteiger partial charge in [-0.2, -0.15) is 5.10 Å². The highest BCUT2D eigenvalue weighted by Crippen LogP contribution is 2.16. The lowest BCUT2D eigenvalue weighted by Gasteiger charge is -2.20. The summed E-state index contributed by atoms with van der Waals surface area (Å²) >= 11 is 0. The fourth-order valence-corrected chi connectivity index (χ4v) is 4.57. The normalized spacial score (nSPS) is 12.9. The number of aromatic nitrogens is 2. The Morgan fingerprint density at radius 1 is 1.13 bits per heavy atom. The molecule has 0 amide bonds. The largest absolute Gasteiger partial charge is 0.281 e. The summed E-state index contributed by atoms with van der Waals surface area (Å²) in [4.78, 5) is 0.120. The number of hydrogen-bond acceptors (Lipinski definition) is 5. The molecule has 0 spiro atoms. The average Bonchev–Trinajstić information content (AvgIpc) is 2.76. The van der Waals surface area contributed by atoms with Crippen molar-refractivity contribution in [3.8, 4) is 0 Å². The van der Waals surface area contributed by atoms with Gasteiger partial charge in [0.15, 0.2) is 0 Å². The van der Waals surface area contributed by atoms with Gasteiger partial charge in [-0.3, -0.25) is 5.10 Å². The number of nitrogens with zero attached hydrogens (tertiary/aromatic N) is 2. The van der Waals surface area contributed by atoms with Crippen LogP contribution in [0, 0.1) is 13.8 Å². The molecule has 1 heterocycles. The third kappa shape index (κ3) is 5.87. The predicted octanol–water partition coefficient (Wildman–Crippen LogP) is 0.757. The van der Waals surface area contributed by atoms with Crippen molar-refractivity contribution in [2.45, 2.75) is 44.9 Å².